The van der Waals surface area contributed by atoms with Crippen LogP contribution in [-0.2, 0) is 0 Å². The van der Waals surface area contributed by atoms with Gasteiger partial charge >= 0.3 is 0 Å². The number of rotatable bonds is 4. The third-order valence-corrected chi connectivity index (χ3v) is 4.38. The number of fused-ring (bicyclic) bond motifs is 1. The molecule has 23 heavy (non-hydrogen) atoms. The summed E-state index contributed by atoms with van der Waals surface area (Å²) in [5.41, 5.74) is 12.0. The van der Waals surface area contributed by atoms with Crippen molar-refractivity contribution in [3.05, 3.63) is 46.2 Å². The molecule has 1 aliphatic rings. The Bertz CT molecular complexity index is 804. The van der Waals surface area contributed by atoms with Crippen molar-refractivity contribution in [2.45, 2.75) is 13.0 Å². The number of nitrogens with two attached hydrogens (primary N) is 1. The summed E-state index contributed by atoms with van der Waals surface area (Å²) in [7, 11) is 1.96. The van der Waals surface area contributed by atoms with Crippen molar-refractivity contribution in [3.63, 3.8) is 0 Å². The van der Waals surface area contributed by atoms with E-state index in [1.807, 2.05) is 36.5 Å². The molecule has 3 rings (SSSR count). The molecule has 0 radical (unpaired) electrons. The van der Waals surface area contributed by atoms with E-state index in [9.17, 15) is 4.79 Å². The standard InChI is InChI=1S/C16H18BrN5O/c1-9-8-22(2)21-14(9)7-20-15-11-5-10(17)3-4-13(11)19-6-12(15)16(18)23/h3-6,8,14,21H,7H2,1-2H3,(H2,18,23)(H,19,20). The van der Waals surface area contributed by atoms with Crippen molar-refractivity contribution < 1.29 is 4.79 Å². The van der Waals surface area contributed by atoms with Gasteiger partial charge in [0.05, 0.1) is 22.8 Å². The van der Waals surface area contributed by atoms with Crippen LogP contribution in [0.5, 0.6) is 0 Å². The first-order chi connectivity index (χ1) is 11.0. The van der Waals surface area contributed by atoms with Crippen LogP contribution in [0.3, 0.4) is 0 Å². The van der Waals surface area contributed by atoms with Crippen LogP contribution in [0.25, 0.3) is 10.9 Å². The van der Waals surface area contributed by atoms with Gasteiger partial charge in [0.2, 0.25) is 0 Å². The van der Waals surface area contributed by atoms with Crippen LogP contribution in [0.2, 0.25) is 0 Å². The first kappa shape index (κ1) is 15.8. The second-order valence-corrected chi connectivity index (χ2v) is 6.53. The Labute approximate surface area is 142 Å². The molecular formula is C16H18BrN5O. The van der Waals surface area contributed by atoms with Crippen LogP contribution >= 0.6 is 15.9 Å². The number of hydrazine groups is 1. The van der Waals surface area contributed by atoms with Gasteiger partial charge in [-0.15, -0.1) is 0 Å². The topological polar surface area (TPSA) is 83.3 Å². The monoisotopic (exact) mass is 375 g/mol. The molecule has 2 heterocycles. The summed E-state index contributed by atoms with van der Waals surface area (Å²) in [6.45, 7) is 2.71. The van der Waals surface area contributed by atoms with Crippen LogP contribution in [0.15, 0.2) is 40.6 Å². The summed E-state index contributed by atoms with van der Waals surface area (Å²) >= 11 is 3.46. The Kier molecular flexibility index (Phi) is 4.23. The second-order valence-electron chi connectivity index (χ2n) is 5.62. The number of hydrogen-bond acceptors (Lipinski definition) is 5. The van der Waals surface area contributed by atoms with E-state index in [0.717, 1.165) is 15.4 Å². The van der Waals surface area contributed by atoms with Crippen LogP contribution in [0.1, 0.15) is 17.3 Å². The predicted molar refractivity (Wildman–Crippen MR) is 94.9 cm³/mol. The van der Waals surface area contributed by atoms with Crippen molar-refractivity contribution >= 4 is 38.4 Å². The zero-order chi connectivity index (χ0) is 16.6. The van der Waals surface area contributed by atoms with E-state index in [-0.39, 0.29) is 6.04 Å². The molecule has 7 heteroatoms. The summed E-state index contributed by atoms with van der Waals surface area (Å²) in [5, 5.41) is 6.16. The van der Waals surface area contributed by atoms with E-state index in [1.165, 1.54) is 11.8 Å². The van der Waals surface area contributed by atoms with Crippen LogP contribution in [0, 0.1) is 0 Å². The Morgan fingerprint density at radius 3 is 2.96 bits per heavy atom. The number of primary amides is 1. The molecule has 1 unspecified atom stereocenters. The SMILES string of the molecule is CC1=CN(C)NC1CNc1c(C(N)=O)cnc2ccc(Br)cc12. The molecule has 4 N–H and O–H groups in total. The third-order valence-electron chi connectivity index (χ3n) is 3.88. The lowest BCUT2D eigenvalue weighted by Crippen LogP contribution is -2.38. The smallest absolute Gasteiger partial charge is 0.252 e. The highest BCUT2D eigenvalue weighted by molar-refractivity contribution is 9.10. The van der Waals surface area contributed by atoms with Gasteiger partial charge in [-0.1, -0.05) is 15.9 Å². The highest BCUT2D eigenvalue weighted by Crippen LogP contribution is 2.28. The molecule has 1 atom stereocenters. The van der Waals surface area contributed by atoms with Crippen molar-refractivity contribution in [2.75, 3.05) is 18.9 Å². The number of carbonyl (C=O) groups is 1. The lowest BCUT2D eigenvalue weighted by molar-refractivity contribution is 0.100. The molecule has 1 aromatic heterocycles. The second kappa shape index (κ2) is 6.17. The minimum atomic E-state index is -0.495. The number of amides is 1. The van der Waals surface area contributed by atoms with Crippen molar-refractivity contribution in [1.82, 2.24) is 15.4 Å². The highest BCUT2D eigenvalue weighted by Gasteiger charge is 2.20. The van der Waals surface area contributed by atoms with Gasteiger partial charge in [-0.2, -0.15) is 0 Å². The molecule has 0 saturated carbocycles. The molecule has 1 amide bonds. The van der Waals surface area contributed by atoms with Gasteiger partial charge in [-0.05, 0) is 30.7 Å². The average Bonchev–Trinajstić information content (AvgIpc) is 2.82. The Morgan fingerprint density at radius 2 is 2.30 bits per heavy atom. The van der Waals surface area contributed by atoms with Gasteiger partial charge in [-0.3, -0.25) is 9.78 Å². The van der Waals surface area contributed by atoms with Crippen molar-refractivity contribution in [2.24, 2.45) is 5.73 Å². The number of nitrogens with zero attached hydrogens (tertiary/aromatic N) is 2. The first-order valence-corrected chi connectivity index (χ1v) is 8.04. The minimum Gasteiger partial charge on any atom is -0.382 e. The molecule has 6 nitrogen and oxygen atoms in total. The number of aromatic nitrogens is 1. The Morgan fingerprint density at radius 1 is 1.52 bits per heavy atom. The fraction of sp³-hybridized carbons (Fsp3) is 0.250. The van der Waals surface area contributed by atoms with Crippen LogP contribution in [-0.4, -0.2) is 35.5 Å². The van der Waals surface area contributed by atoms with E-state index >= 15 is 0 Å². The van der Waals surface area contributed by atoms with Gasteiger partial charge < -0.3 is 16.1 Å². The zero-order valence-electron chi connectivity index (χ0n) is 12.9. The summed E-state index contributed by atoms with van der Waals surface area (Å²) in [6, 6.07) is 5.93. The average molecular weight is 376 g/mol. The minimum absolute atomic E-state index is 0.163. The molecular weight excluding hydrogens is 358 g/mol. The fourth-order valence-electron chi connectivity index (χ4n) is 2.73. The molecule has 0 aliphatic carbocycles. The maximum absolute atomic E-state index is 11.8. The number of anilines is 1. The first-order valence-electron chi connectivity index (χ1n) is 7.25. The molecule has 0 bridgehead atoms. The van der Waals surface area contributed by atoms with Crippen molar-refractivity contribution in [3.8, 4) is 0 Å². The van der Waals surface area contributed by atoms with E-state index in [0.29, 0.717) is 17.8 Å². The summed E-state index contributed by atoms with van der Waals surface area (Å²) in [5.74, 6) is -0.495. The number of nitrogens with one attached hydrogen (secondary N) is 2. The number of carbonyl (C=O) groups excluding carboxylic acids is 1. The van der Waals surface area contributed by atoms with E-state index < -0.39 is 5.91 Å². The Balaban J connectivity index is 1.97. The quantitative estimate of drug-likeness (QED) is 0.762. The van der Waals surface area contributed by atoms with E-state index in [2.05, 4.69) is 38.6 Å². The molecule has 2 aromatic rings. The number of hydrogen-bond donors (Lipinski definition) is 3. The zero-order valence-corrected chi connectivity index (χ0v) is 14.5. The van der Waals surface area contributed by atoms with E-state index in [1.54, 1.807) is 0 Å². The van der Waals surface area contributed by atoms with Gasteiger partial charge in [0.15, 0.2) is 0 Å². The molecule has 0 fully saturated rings. The highest BCUT2D eigenvalue weighted by atomic mass is 79.9. The maximum Gasteiger partial charge on any atom is 0.252 e. The molecule has 1 aromatic carbocycles. The van der Waals surface area contributed by atoms with Crippen molar-refractivity contribution in [1.29, 1.82) is 0 Å². The van der Waals surface area contributed by atoms with E-state index in [4.69, 9.17) is 5.73 Å². The van der Waals surface area contributed by atoms with Crippen LogP contribution < -0.4 is 16.5 Å². The molecule has 0 saturated heterocycles. The summed E-state index contributed by atoms with van der Waals surface area (Å²) < 4.78 is 0.922. The predicted octanol–water partition coefficient (Wildman–Crippen LogP) is 2.23. The third kappa shape index (κ3) is 3.16. The van der Waals surface area contributed by atoms with Crippen LogP contribution in [0.4, 0.5) is 5.69 Å². The molecule has 120 valence electrons. The molecule has 0 spiro atoms. The number of pyridine rings is 1. The summed E-state index contributed by atoms with van der Waals surface area (Å²) in [4.78, 5) is 16.1. The maximum atomic E-state index is 11.8. The fourth-order valence-corrected chi connectivity index (χ4v) is 3.09. The lowest BCUT2D eigenvalue weighted by Gasteiger charge is -2.19. The normalized spacial score (nSPS) is 17.4. The number of halogens is 1. The molecule has 1 aliphatic heterocycles. The van der Waals surface area contributed by atoms with Gasteiger partial charge in [0.1, 0.15) is 0 Å². The van der Waals surface area contributed by atoms with Gasteiger partial charge in [-0.25, -0.2) is 5.43 Å². The Hall–Kier alpha value is -2.12. The number of benzene rings is 1. The van der Waals surface area contributed by atoms with Gasteiger partial charge in [0.25, 0.3) is 5.91 Å². The summed E-state index contributed by atoms with van der Waals surface area (Å²) in [6.07, 6.45) is 3.57. The lowest BCUT2D eigenvalue weighted by atomic mass is 10.1. The van der Waals surface area contributed by atoms with Gasteiger partial charge in [0, 0.05) is 35.8 Å². The largest absolute Gasteiger partial charge is 0.382 e.